The second-order valence-corrected chi connectivity index (χ2v) is 6.75. The minimum atomic E-state index is -4.38. The van der Waals surface area contributed by atoms with Crippen molar-refractivity contribution in [2.24, 2.45) is 0 Å². The zero-order chi connectivity index (χ0) is 18.6. The van der Waals surface area contributed by atoms with Crippen molar-refractivity contribution in [1.82, 2.24) is 4.90 Å². The fourth-order valence-corrected chi connectivity index (χ4v) is 3.25. The van der Waals surface area contributed by atoms with Gasteiger partial charge in [0.05, 0.1) is 5.56 Å². The van der Waals surface area contributed by atoms with E-state index in [0.717, 1.165) is 37.5 Å². The Morgan fingerprint density at radius 1 is 0.962 bits per heavy atom. The van der Waals surface area contributed by atoms with Crippen molar-refractivity contribution in [2.75, 3.05) is 23.7 Å². The molecule has 3 nitrogen and oxygen atoms in total. The first-order valence-electron chi connectivity index (χ1n) is 8.47. The molecule has 2 aromatic carbocycles. The highest BCUT2D eigenvalue weighted by molar-refractivity contribution is 7.80. The summed E-state index contributed by atoms with van der Waals surface area (Å²) in [5, 5.41) is 6.09. The van der Waals surface area contributed by atoms with Gasteiger partial charge in [0, 0.05) is 17.9 Å². The molecule has 1 aliphatic heterocycles. The largest absolute Gasteiger partial charge is 0.416 e. The molecule has 1 heterocycles. The van der Waals surface area contributed by atoms with Crippen molar-refractivity contribution in [3.8, 4) is 0 Å². The number of nitrogens with one attached hydrogen (secondary N) is 2. The lowest BCUT2D eigenvalue weighted by molar-refractivity contribution is -0.137. The van der Waals surface area contributed by atoms with Crippen molar-refractivity contribution in [1.29, 1.82) is 0 Å². The van der Waals surface area contributed by atoms with Crippen LogP contribution in [-0.4, -0.2) is 23.1 Å². The van der Waals surface area contributed by atoms with Gasteiger partial charge in [0.1, 0.15) is 0 Å². The molecule has 0 bridgehead atoms. The number of likely N-dealkylation sites (tertiary alicyclic amines) is 1. The van der Waals surface area contributed by atoms with Gasteiger partial charge in [0.2, 0.25) is 0 Å². The summed E-state index contributed by atoms with van der Waals surface area (Å²) in [5.41, 5.74) is 1.58. The fraction of sp³-hybridized carbons (Fsp3) is 0.316. The average Bonchev–Trinajstić information content (AvgIpc) is 3.07. The van der Waals surface area contributed by atoms with Gasteiger partial charge in [-0.05, 0) is 74.0 Å². The highest BCUT2D eigenvalue weighted by Gasteiger charge is 2.30. The van der Waals surface area contributed by atoms with Gasteiger partial charge in [-0.2, -0.15) is 13.2 Å². The summed E-state index contributed by atoms with van der Waals surface area (Å²) in [7, 11) is 0. The molecular formula is C19H20F3N3S. The van der Waals surface area contributed by atoms with Crippen LogP contribution in [0, 0.1) is 0 Å². The molecule has 2 N–H and O–H groups in total. The van der Waals surface area contributed by atoms with E-state index in [0.29, 0.717) is 5.69 Å². The third-order valence-electron chi connectivity index (χ3n) is 4.24. The van der Waals surface area contributed by atoms with E-state index < -0.39 is 11.7 Å². The number of alkyl halides is 3. The van der Waals surface area contributed by atoms with E-state index in [-0.39, 0.29) is 5.11 Å². The number of rotatable bonds is 4. The van der Waals surface area contributed by atoms with Gasteiger partial charge in [-0.15, -0.1) is 0 Å². The van der Waals surface area contributed by atoms with E-state index in [1.165, 1.54) is 24.5 Å². The lowest BCUT2D eigenvalue weighted by Gasteiger charge is -2.16. The Bertz CT molecular complexity index is 771. The maximum absolute atomic E-state index is 12.8. The van der Waals surface area contributed by atoms with Crippen LogP contribution in [0.5, 0.6) is 0 Å². The van der Waals surface area contributed by atoms with Gasteiger partial charge < -0.3 is 10.6 Å². The molecule has 0 aromatic heterocycles. The minimum absolute atomic E-state index is 0.252. The second kappa shape index (κ2) is 8.05. The first kappa shape index (κ1) is 18.7. The van der Waals surface area contributed by atoms with Crippen molar-refractivity contribution < 1.29 is 13.2 Å². The average molecular weight is 379 g/mol. The first-order valence-corrected chi connectivity index (χ1v) is 8.87. The quantitative estimate of drug-likeness (QED) is 0.722. The number of thiocarbonyl (C=S) groups is 1. The van der Waals surface area contributed by atoms with Crippen LogP contribution >= 0.6 is 12.2 Å². The van der Waals surface area contributed by atoms with E-state index in [1.54, 1.807) is 6.07 Å². The lowest BCUT2D eigenvalue weighted by Crippen LogP contribution is -2.20. The van der Waals surface area contributed by atoms with Gasteiger partial charge in [0.25, 0.3) is 0 Å². The highest BCUT2D eigenvalue weighted by Crippen LogP contribution is 2.30. The molecule has 1 fully saturated rings. The van der Waals surface area contributed by atoms with Crippen LogP contribution in [0.25, 0.3) is 0 Å². The Balaban J connectivity index is 1.61. The first-order chi connectivity index (χ1) is 12.4. The van der Waals surface area contributed by atoms with E-state index in [1.807, 2.05) is 18.2 Å². The van der Waals surface area contributed by atoms with Gasteiger partial charge in [-0.1, -0.05) is 18.2 Å². The molecule has 0 aliphatic carbocycles. The van der Waals surface area contributed by atoms with Crippen LogP contribution in [-0.2, 0) is 12.7 Å². The van der Waals surface area contributed by atoms with Crippen LogP contribution in [0.1, 0.15) is 24.0 Å². The van der Waals surface area contributed by atoms with Gasteiger partial charge >= 0.3 is 6.18 Å². The second-order valence-electron chi connectivity index (χ2n) is 6.34. The molecule has 1 aliphatic rings. The SMILES string of the molecule is FC(F)(F)c1cccc(NC(=S)Nc2cccc(CN3CCCC3)c2)c1. The van der Waals surface area contributed by atoms with Crippen LogP contribution in [0.4, 0.5) is 24.5 Å². The van der Waals surface area contributed by atoms with Gasteiger partial charge in [-0.25, -0.2) is 0 Å². The van der Waals surface area contributed by atoms with Gasteiger partial charge in [-0.3, -0.25) is 4.90 Å². The Kier molecular flexibility index (Phi) is 5.78. The van der Waals surface area contributed by atoms with Crippen molar-refractivity contribution in [3.63, 3.8) is 0 Å². The van der Waals surface area contributed by atoms with E-state index >= 15 is 0 Å². The Morgan fingerprint density at radius 3 is 2.23 bits per heavy atom. The molecule has 0 amide bonds. The zero-order valence-electron chi connectivity index (χ0n) is 14.1. The number of anilines is 2. The Morgan fingerprint density at radius 2 is 1.58 bits per heavy atom. The lowest BCUT2D eigenvalue weighted by atomic mass is 10.2. The van der Waals surface area contributed by atoms with E-state index in [4.69, 9.17) is 12.2 Å². The van der Waals surface area contributed by atoms with Crippen molar-refractivity contribution in [3.05, 3.63) is 59.7 Å². The smallest absolute Gasteiger partial charge is 0.332 e. The number of halogens is 3. The molecule has 0 saturated carbocycles. The summed E-state index contributed by atoms with van der Waals surface area (Å²) in [6.07, 6.45) is -1.90. The molecule has 138 valence electrons. The van der Waals surface area contributed by atoms with Crippen LogP contribution in [0.2, 0.25) is 0 Å². The third kappa shape index (κ3) is 5.19. The summed E-state index contributed by atoms with van der Waals surface area (Å²) in [4.78, 5) is 2.40. The predicted molar refractivity (Wildman–Crippen MR) is 102 cm³/mol. The van der Waals surface area contributed by atoms with Crippen LogP contribution < -0.4 is 10.6 Å². The summed E-state index contributed by atoms with van der Waals surface area (Å²) in [5.74, 6) is 0. The molecule has 26 heavy (non-hydrogen) atoms. The molecule has 2 aromatic rings. The molecule has 0 spiro atoms. The number of nitrogens with zero attached hydrogens (tertiary/aromatic N) is 1. The molecule has 3 rings (SSSR count). The standard InChI is InChI=1S/C19H20F3N3S/c20-19(21,22)15-6-4-8-17(12-15)24-18(26)23-16-7-3-5-14(11-16)13-25-9-1-2-10-25/h3-8,11-12H,1-2,9-10,13H2,(H2,23,24,26). The number of hydrogen-bond donors (Lipinski definition) is 2. The summed E-state index contributed by atoms with van der Waals surface area (Å²) in [6.45, 7) is 3.13. The normalized spacial score (nSPS) is 15.0. The maximum atomic E-state index is 12.8. The van der Waals surface area contributed by atoms with E-state index in [2.05, 4.69) is 21.6 Å². The molecule has 0 unspecified atom stereocenters. The Labute approximate surface area is 156 Å². The minimum Gasteiger partial charge on any atom is -0.332 e. The topological polar surface area (TPSA) is 27.3 Å². The predicted octanol–water partition coefficient (Wildman–Crippen LogP) is 5.11. The van der Waals surface area contributed by atoms with Gasteiger partial charge in [0.15, 0.2) is 5.11 Å². The number of hydrogen-bond acceptors (Lipinski definition) is 2. The number of benzene rings is 2. The summed E-state index contributed by atoms with van der Waals surface area (Å²) < 4.78 is 38.4. The zero-order valence-corrected chi connectivity index (χ0v) is 15.0. The molecule has 1 saturated heterocycles. The highest BCUT2D eigenvalue weighted by atomic mass is 32.1. The van der Waals surface area contributed by atoms with Crippen molar-refractivity contribution in [2.45, 2.75) is 25.6 Å². The van der Waals surface area contributed by atoms with Crippen LogP contribution in [0.3, 0.4) is 0 Å². The summed E-state index contributed by atoms with van der Waals surface area (Å²) in [6, 6.07) is 12.9. The fourth-order valence-electron chi connectivity index (χ4n) is 3.01. The molecule has 0 atom stereocenters. The Hall–Kier alpha value is -2.12. The van der Waals surface area contributed by atoms with E-state index in [9.17, 15) is 13.2 Å². The summed E-state index contributed by atoms with van der Waals surface area (Å²) >= 11 is 5.23. The maximum Gasteiger partial charge on any atom is 0.416 e. The monoisotopic (exact) mass is 379 g/mol. The molecule has 7 heteroatoms. The van der Waals surface area contributed by atoms with Crippen LogP contribution in [0.15, 0.2) is 48.5 Å². The third-order valence-corrected chi connectivity index (χ3v) is 4.44. The molecular weight excluding hydrogens is 359 g/mol. The van der Waals surface area contributed by atoms with Crippen molar-refractivity contribution >= 4 is 28.7 Å². The molecule has 0 radical (unpaired) electrons.